The molecule has 0 heterocycles. The first kappa shape index (κ1) is 17.1. The summed E-state index contributed by atoms with van der Waals surface area (Å²) in [6.07, 6.45) is 6.39. The predicted molar refractivity (Wildman–Crippen MR) is 78.6 cm³/mol. The van der Waals surface area contributed by atoms with Crippen molar-refractivity contribution in [2.45, 2.75) is 83.1 Å². The molecule has 0 radical (unpaired) electrons. The standard InChI is InChI=1S/C13H23O.2CH3.Al/c1-6-8-9-10-11-12(7-2)14-13(3,4)5;;;/h12H,6,8-11H2,1,3-5H3;2*1H3;. The van der Waals surface area contributed by atoms with Gasteiger partial charge in [-0.2, -0.15) is 0 Å². The zero-order valence-corrected chi connectivity index (χ0v) is 13.8. The summed E-state index contributed by atoms with van der Waals surface area (Å²) in [5.41, 5.74) is -0.0807. The van der Waals surface area contributed by atoms with E-state index in [2.05, 4.69) is 50.0 Å². The van der Waals surface area contributed by atoms with E-state index in [-0.39, 0.29) is 11.7 Å². The molecule has 0 aliphatic heterocycles. The van der Waals surface area contributed by atoms with Crippen LogP contribution in [0.15, 0.2) is 0 Å². The van der Waals surface area contributed by atoms with Crippen molar-refractivity contribution in [2.75, 3.05) is 0 Å². The third kappa shape index (κ3) is 12.3. The van der Waals surface area contributed by atoms with Gasteiger partial charge in [-0.05, 0) is 33.6 Å². The van der Waals surface area contributed by atoms with Gasteiger partial charge in [0.15, 0.2) is 0 Å². The van der Waals surface area contributed by atoms with Gasteiger partial charge in [-0.25, -0.2) is 4.78 Å². The van der Waals surface area contributed by atoms with E-state index in [0.717, 1.165) is 6.42 Å². The summed E-state index contributed by atoms with van der Waals surface area (Å²) in [4.78, 5) is 3.37. The molecule has 98 valence electrons. The fourth-order valence-corrected chi connectivity index (χ4v) is 2.12. The van der Waals surface area contributed by atoms with Crippen LogP contribution >= 0.6 is 0 Å². The maximum absolute atomic E-state index is 6.02. The summed E-state index contributed by atoms with van der Waals surface area (Å²) < 4.78 is 6.02. The predicted octanol–water partition coefficient (Wildman–Crippen LogP) is 4.44. The molecule has 0 saturated carbocycles. The normalized spacial score (nSPS) is 12.8. The Morgan fingerprint density at radius 1 is 1.12 bits per heavy atom. The Morgan fingerprint density at radius 3 is 2.24 bits per heavy atom. The van der Waals surface area contributed by atoms with Crippen LogP contribution in [0.4, 0.5) is 0 Å². The lowest BCUT2D eigenvalue weighted by atomic mass is 10.1. The highest BCUT2D eigenvalue weighted by Gasteiger charge is 2.16. The second-order valence-corrected chi connectivity index (χ2v) is 8.61. The first-order chi connectivity index (χ1) is 7.85. The summed E-state index contributed by atoms with van der Waals surface area (Å²) in [6, 6.07) is 0. The molecule has 1 nitrogen and oxygen atoms in total. The van der Waals surface area contributed by atoms with Crippen molar-refractivity contribution in [3.05, 3.63) is 0 Å². The highest BCUT2D eigenvalue weighted by molar-refractivity contribution is 6.64. The molecule has 0 fully saturated rings. The molecule has 0 N–H and O–H groups in total. The van der Waals surface area contributed by atoms with Gasteiger partial charge in [0.2, 0.25) is 0 Å². The number of ether oxygens (including phenoxy) is 1. The van der Waals surface area contributed by atoms with Gasteiger partial charge >= 0.3 is 14.1 Å². The molecule has 1 atom stereocenters. The van der Waals surface area contributed by atoms with Gasteiger partial charge in [-0.1, -0.05) is 43.7 Å². The smallest absolute Gasteiger partial charge is 0.360 e. The monoisotopic (exact) mass is 252 g/mol. The van der Waals surface area contributed by atoms with Gasteiger partial charge in [0, 0.05) is 0 Å². The van der Waals surface area contributed by atoms with Crippen LogP contribution in [0.25, 0.3) is 0 Å². The van der Waals surface area contributed by atoms with Crippen LogP contribution in [0, 0.1) is 10.7 Å². The van der Waals surface area contributed by atoms with E-state index in [1.165, 1.54) is 25.7 Å². The lowest BCUT2D eigenvalue weighted by molar-refractivity contribution is -0.0373. The molecule has 1 unspecified atom stereocenters. The van der Waals surface area contributed by atoms with Gasteiger partial charge in [0.1, 0.15) is 6.10 Å². The zero-order valence-electron chi connectivity index (χ0n) is 12.6. The minimum atomic E-state index is -0.783. The molecule has 0 bridgehead atoms. The van der Waals surface area contributed by atoms with Crippen LogP contribution in [-0.4, -0.2) is 25.9 Å². The lowest BCUT2D eigenvalue weighted by Crippen LogP contribution is -2.26. The van der Waals surface area contributed by atoms with Crippen LogP contribution in [0.5, 0.6) is 0 Å². The first-order valence-electron chi connectivity index (χ1n) is 7.04. The van der Waals surface area contributed by atoms with Crippen LogP contribution in [0.3, 0.4) is 0 Å². The molecule has 0 aliphatic carbocycles. The molecule has 0 aromatic heterocycles. The second-order valence-electron chi connectivity index (χ2n) is 6.01. The van der Waals surface area contributed by atoms with Crippen molar-refractivity contribution >= 4 is 14.1 Å². The van der Waals surface area contributed by atoms with Gasteiger partial charge in [0.25, 0.3) is 0 Å². The van der Waals surface area contributed by atoms with E-state index in [1.807, 2.05) is 0 Å². The van der Waals surface area contributed by atoms with E-state index >= 15 is 0 Å². The van der Waals surface area contributed by atoms with E-state index < -0.39 is 14.1 Å². The number of hydrogen-bond acceptors (Lipinski definition) is 1. The molecule has 0 amide bonds. The average molecular weight is 252 g/mol. The maximum atomic E-state index is 6.02. The zero-order chi connectivity index (χ0) is 13.3. The van der Waals surface area contributed by atoms with Gasteiger partial charge < -0.3 is 4.74 Å². The largest absolute Gasteiger partial charge is 0.369 e. The third-order valence-corrected chi connectivity index (χ3v) is 3.09. The Hall–Kier alpha value is 0.0525. The molecular formula is C15H29AlO. The van der Waals surface area contributed by atoms with Crippen molar-refractivity contribution in [2.24, 2.45) is 0 Å². The molecular weight excluding hydrogens is 223 g/mol. The highest BCUT2D eigenvalue weighted by Crippen LogP contribution is 2.15. The van der Waals surface area contributed by atoms with Crippen molar-refractivity contribution in [3.63, 3.8) is 0 Å². The summed E-state index contributed by atoms with van der Waals surface area (Å²) >= 11 is -0.783. The molecule has 0 saturated heterocycles. The van der Waals surface area contributed by atoms with Crippen LogP contribution in [-0.2, 0) is 4.74 Å². The Morgan fingerprint density at radius 2 is 1.76 bits per heavy atom. The topological polar surface area (TPSA) is 9.23 Å². The molecule has 0 aromatic carbocycles. The highest BCUT2D eigenvalue weighted by atomic mass is 27.2. The Bertz CT molecular complexity index is 242. The van der Waals surface area contributed by atoms with Crippen molar-refractivity contribution in [1.82, 2.24) is 0 Å². The minimum absolute atomic E-state index is 0.0807. The van der Waals surface area contributed by atoms with Crippen LogP contribution < -0.4 is 0 Å². The summed E-state index contributed by atoms with van der Waals surface area (Å²) in [5, 5.41) is 0. The van der Waals surface area contributed by atoms with Gasteiger partial charge in [-0.3, -0.25) is 0 Å². The summed E-state index contributed by atoms with van der Waals surface area (Å²) in [6.45, 7) is 8.58. The Labute approximate surface area is 113 Å². The molecule has 0 aromatic rings. The summed E-state index contributed by atoms with van der Waals surface area (Å²) in [7, 11) is 0. The summed E-state index contributed by atoms with van der Waals surface area (Å²) in [5.74, 6) is 7.87. The van der Waals surface area contributed by atoms with Crippen molar-refractivity contribution < 1.29 is 4.74 Å². The SMILES string of the molecule is CCCCCCC(C#[C][Al]([CH3])[CH3])OC(C)(C)C. The van der Waals surface area contributed by atoms with Crippen molar-refractivity contribution in [3.8, 4) is 10.7 Å². The van der Waals surface area contributed by atoms with Crippen molar-refractivity contribution in [1.29, 1.82) is 0 Å². The fraction of sp³-hybridized carbons (Fsp3) is 0.867. The Balaban J connectivity index is 4.18. The quantitative estimate of drug-likeness (QED) is 0.386. The molecule has 0 rings (SSSR count). The maximum Gasteiger partial charge on any atom is 0.369 e. The fourth-order valence-electron chi connectivity index (χ4n) is 1.60. The lowest BCUT2D eigenvalue weighted by Gasteiger charge is -2.24. The van der Waals surface area contributed by atoms with Crippen LogP contribution in [0.2, 0.25) is 11.6 Å². The minimum Gasteiger partial charge on any atom is -0.360 e. The number of rotatable bonds is 6. The second kappa shape index (κ2) is 9.05. The van der Waals surface area contributed by atoms with Gasteiger partial charge in [0.05, 0.1) is 5.60 Å². The molecule has 0 aliphatic rings. The third-order valence-electron chi connectivity index (χ3n) is 2.35. The number of hydrogen-bond donors (Lipinski definition) is 0. The Kier molecular flexibility index (Phi) is 9.07. The average Bonchev–Trinajstić information content (AvgIpc) is 2.18. The van der Waals surface area contributed by atoms with E-state index in [0.29, 0.717) is 0 Å². The van der Waals surface area contributed by atoms with E-state index in [4.69, 9.17) is 4.74 Å². The molecule has 2 heteroatoms. The first-order valence-corrected chi connectivity index (χ1v) is 9.92. The molecule has 17 heavy (non-hydrogen) atoms. The number of unbranched alkanes of at least 4 members (excludes halogenated alkanes) is 3. The molecule has 0 spiro atoms. The van der Waals surface area contributed by atoms with E-state index in [9.17, 15) is 0 Å². The van der Waals surface area contributed by atoms with E-state index in [1.54, 1.807) is 0 Å². The van der Waals surface area contributed by atoms with Crippen LogP contribution in [0.1, 0.15) is 59.8 Å². The van der Waals surface area contributed by atoms with Gasteiger partial charge in [-0.15, -0.1) is 0 Å².